The normalized spacial score (nSPS) is 24.1. The molecule has 0 radical (unpaired) electrons. The van der Waals surface area contributed by atoms with Gasteiger partial charge in [0.2, 0.25) is 0 Å². The van der Waals surface area contributed by atoms with Crippen LogP contribution in [0.2, 0.25) is 0 Å². The Morgan fingerprint density at radius 1 is 1.36 bits per heavy atom. The van der Waals surface area contributed by atoms with Crippen LogP contribution in [0.25, 0.3) is 0 Å². The zero-order valence-electron chi connectivity index (χ0n) is 15.4. The third kappa shape index (κ3) is 3.46. The highest BCUT2D eigenvalue weighted by Gasteiger charge is 2.36. The van der Waals surface area contributed by atoms with Crippen molar-refractivity contribution in [3.63, 3.8) is 0 Å². The smallest absolute Gasteiger partial charge is 0.319 e. The molecular formula is C19H29N3O3. The number of phenolic OH excluding ortho intramolecular Hbond substituents is 1. The largest absolute Gasteiger partial charge is 0.507 e. The number of aromatic hydroxyl groups is 1. The van der Waals surface area contributed by atoms with Gasteiger partial charge in [-0.2, -0.15) is 0 Å². The third-order valence-electron chi connectivity index (χ3n) is 5.54. The van der Waals surface area contributed by atoms with Gasteiger partial charge in [0.1, 0.15) is 5.75 Å². The second kappa shape index (κ2) is 7.22. The fourth-order valence-electron chi connectivity index (χ4n) is 4.02. The highest BCUT2D eigenvalue weighted by atomic mass is 16.5. The van der Waals surface area contributed by atoms with Crippen molar-refractivity contribution in [1.29, 1.82) is 0 Å². The number of ether oxygens (including phenoxy) is 1. The summed E-state index contributed by atoms with van der Waals surface area (Å²) in [4.78, 5) is 15.6. The number of likely N-dealkylation sites (tertiary alicyclic amines) is 1. The van der Waals surface area contributed by atoms with Crippen LogP contribution < -0.4 is 5.73 Å². The van der Waals surface area contributed by atoms with E-state index in [2.05, 4.69) is 0 Å². The van der Waals surface area contributed by atoms with E-state index in [1.165, 1.54) is 0 Å². The molecular weight excluding hydrogens is 318 g/mol. The number of carbonyl (C=O) groups is 1. The minimum Gasteiger partial charge on any atom is -0.507 e. The van der Waals surface area contributed by atoms with Crippen molar-refractivity contribution in [3.8, 4) is 5.75 Å². The second-order valence-electron chi connectivity index (χ2n) is 7.40. The molecule has 25 heavy (non-hydrogen) atoms. The standard InChI is InChI=1S/C19H29N3O3/c1-12-4-5-14-15(18(12)23)10-16(25-17(14)11-20)13-6-8-22(9-7-13)19(24)21(2)3/h4-5,13,16-17,23H,6-11,20H2,1-3H3/t16-,17-/m0/s1. The van der Waals surface area contributed by atoms with Gasteiger partial charge in [0, 0.05) is 45.7 Å². The van der Waals surface area contributed by atoms with Crippen molar-refractivity contribution in [2.24, 2.45) is 11.7 Å². The third-order valence-corrected chi connectivity index (χ3v) is 5.54. The molecule has 6 heteroatoms. The summed E-state index contributed by atoms with van der Waals surface area (Å²) in [5.41, 5.74) is 8.82. The number of benzene rings is 1. The molecule has 0 saturated carbocycles. The molecule has 0 unspecified atom stereocenters. The van der Waals surface area contributed by atoms with E-state index in [9.17, 15) is 9.90 Å². The Labute approximate surface area is 149 Å². The highest BCUT2D eigenvalue weighted by Crippen LogP contribution is 2.40. The Morgan fingerprint density at radius 3 is 2.64 bits per heavy atom. The fourth-order valence-corrected chi connectivity index (χ4v) is 4.02. The molecule has 1 saturated heterocycles. The van der Waals surface area contributed by atoms with Crippen LogP contribution in [0.3, 0.4) is 0 Å². The first-order chi connectivity index (χ1) is 11.9. The van der Waals surface area contributed by atoms with Crippen LogP contribution >= 0.6 is 0 Å². The Morgan fingerprint density at radius 2 is 2.04 bits per heavy atom. The van der Waals surface area contributed by atoms with E-state index < -0.39 is 0 Å². The van der Waals surface area contributed by atoms with Gasteiger partial charge >= 0.3 is 6.03 Å². The maximum atomic E-state index is 12.1. The van der Waals surface area contributed by atoms with E-state index in [0.717, 1.165) is 42.6 Å². The molecule has 1 aromatic rings. The SMILES string of the molecule is Cc1ccc2c(c1O)C[C@@H](C1CCN(C(=O)N(C)C)CC1)O[C@H]2CN. The van der Waals surface area contributed by atoms with E-state index in [1.807, 2.05) is 24.0 Å². The van der Waals surface area contributed by atoms with E-state index in [0.29, 0.717) is 24.6 Å². The average molecular weight is 347 g/mol. The summed E-state index contributed by atoms with van der Waals surface area (Å²) in [6.07, 6.45) is 2.44. The van der Waals surface area contributed by atoms with E-state index in [4.69, 9.17) is 10.5 Å². The van der Waals surface area contributed by atoms with Crippen LogP contribution in [0, 0.1) is 12.8 Å². The number of carbonyl (C=O) groups excluding carboxylic acids is 1. The number of hydrogen-bond acceptors (Lipinski definition) is 4. The molecule has 2 aliphatic rings. The molecule has 6 nitrogen and oxygen atoms in total. The number of fused-ring (bicyclic) bond motifs is 1. The first-order valence-corrected chi connectivity index (χ1v) is 9.05. The van der Waals surface area contributed by atoms with Gasteiger partial charge in [0.15, 0.2) is 0 Å². The van der Waals surface area contributed by atoms with Crippen molar-refractivity contribution in [3.05, 3.63) is 28.8 Å². The number of hydrogen-bond donors (Lipinski definition) is 2. The van der Waals surface area contributed by atoms with Crippen molar-refractivity contribution in [2.45, 2.75) is 38.4 Å². The van der Waals surface area contributed by atoms with Crippen molar-refractivity contribution >= 4 is 6.03 Å². The van der Waals surface area contributed by atoms with Crippen LogP contribution in [0.15, 0.2) is 12.1 Å². The number of phenols is 1. The van der Waals surface area contributed by atoms with Crippen molar-refractivity contribution in [2.75, 3.05) is 33.7 Å². The van der Waals surface area contributed by atoms with Crippen LogP contribution in [0.1, 0.15) is 35.6 Å². The van der Waals surface area contributed by atoms with Crippen molar-refractivity contribution < 1.29 is 14.6 Å². The van der Waals surface area contributed by atoms with Crippen molar-refractivity contribution in [1.82, 2.24) is 9.80 Å². The monoisotopic (exact) mass is 347 g/mol. The lowest BCUT2D eigenvalue weighted by Gasteiger charge is -2.41. The number of nitrogens with zero attached hydrogens (tertiary/aromatic N) is 2. The van der Waals surface area contributed by atoms with Gasteiger partial charge in [-0.1, -0.05) is 12.1 Å². The van der Waals surface area contributed by atoms with E-state index in [-0.39, 0.29) is 18.2 Å². The maximum absolute atomic E-state index is 12.1. The zero-order valence-corrected chi connectivity index (χ0v) is 15.4. The predicted molar refractivity (Wildman–Crippen MR) is 96.6 cm³/mol. The van der Waals surface area contributed by atoms with Gasteiger partial charge in [-0.3, -0.25) is 0 Å². The number of urea groups is 1. The van der Waals surface area contributed by atoms with Gasteiger partial charge < -0.3 is 25.4 Å². The molecule has 0 aromatic heterocycles. The van der Waals surface area contributed by atoms with Gasteiger partial charge in [0.25, 0.3) is 0 Å². The summed E-state index contributed by atoms with van der Waals surface area (Å²) in [5, 5.41) is 10.5. The van der Waals surface area contributed by atoms with Crippen LogP contribution in [-0.2, 0) is 11.2 Å². The van der Waals surface area contributed by atoms with Crippen LogP contribution in [0.5, 0.6) is 5.75 Å². The van der Waals surface area contributed by atoms with Crippen LogP contribution in [-0.4, -0.2) is 60.8 Å². The number of amides is 2. The van der Waals surface area contributed by atoms with Gasteiger partial charge in [-0.25, -0.2) is 4.79 Å². The summed E-state index contributed by atoms with van der Waals surface area (Å²) in [7, 11) is 3.57. The number of nitrogens with two attached hydrogens (primary N) is 1. The topological polar surface area (TPSA) is 79.0 Å². The lowest BCUT2D eigenvalue weighted by molar-refractivity contribution is -0.0629. The summed E-state index contributed by atoms with van der Waals surface area (Å²) < 4.78 is 6.29. The Balaban J connectivity index is 1.73. The minimum atomic E-state index is -0.165. The van der Waals surface area contributed by atoms with Crippen LogP contribution in [0.4, 0.5) is 4.79 Å². The predicted octanol–water partition coefficient (Wildman–Crippen LogP) is 2.04. The fraction of sp³-hybridized carbons (Fsp3) is 0.632. The first kappa shape index (κ1) is 18.0. The second-order valence-corrected chi connectivity index (χ2v) is 7.40. The number of piperidine rings is 1. The lowest BCUT2D eigenvalue weighted by Crippen LogP contribution is -2.47. The maximum Gasteiger partial charge on any atom is 0.319 e. The quantitative estimate of drug-likeness (QED) is 0.858. The molecule has 2 amide bonds. The Bertz CT molecular complexity index is 639. The van der Waals surface area contributed by atoms with Gasteiger partial charge in [0.05, 0.1) is 12.2 Å². The molecule has 2 atom stereocenters. The van der Waals surface area contributed by atoms with Gasteiger partial charge in [-0.15, -0.1) is 0 Å². The minimum absolute atomic E-state index is 0.0466. The number of rotatable bonds is 2. The Hall–Kier alpha value is -1.79. The molecule has 2 heterocycles. The molecule has 0 aliphatic carbocycles. The van der Waals surface area contributed by atoms with E-state index in [1.54, 1.807) is 19.0 Å². The molecule has 3 rings (SSSR count). The summed E-state index contributed by atoms with van der Waals surface area (Å²) in [6.45, 7) is 3.83. The molecule has 1 fully saturated rings. The first-order valence-electron chi connectivity index (χ1n) is 9.05. The Kier molecular flexibility index (Phi) is 5.20. The molecule has 3 N–H and O–H groups in total. The number of aryl methyl sites for hydroxylation is 1. The summed E-state index contributed by atoms with van der Waals surface area (Å²) >= 11 is 0. The summed E-state index contributed by atoms with van der Waals surface area (Å²) in [6, 6.07) is 4.02. The molecule has 0 bridgehead atoms. The average Bonchev–Trinajstić information content (AvgIpc) is 2.63. The highest BCUT2D eigenvalue weighted by molar-refractivity contribution is 5.73. The van der Waals surface area contributed by atoms with Gasteiger partial charge in [-0.05, 0) is 36.8 Å². The molecule has 1 aromatic carbocycles. The molecule has 2 aliphatic heterocycles. The molecule has 138 valence electrons. The summed E-state index contributed by atoms with van der Waals surface area (Å²) in [5.74, 6) is 0.762. The lowest BCUT2D eigenvalue weighted by atomic mass is 9.83. The van der Waals surface area contributed by atoms with E-state index >= 15 is 0 Å². The zero-order chi connectivity index (χ0) is 18.1. The molecule has 0 spiro atoms.